The molecule has 120 valence electrons. The van der Waals surface area contributed by atoms with E-state index in [-0.39, 0.29) is 12.5 Å². The number of amides is 1. The Morgan fingerprint density at radius 3 is 2.33 bits per heavy atom. The first-order chi connectivity index (χ1) is 10.1. The van der Waals surface area contributed by atoms with Crippen molar-refractivity contribution in [1.82, 2.24) is 9.80 Å². The fraction of sp³-hybridized carbons (Fsp3) is 0.750. The molecule has 0 aromatic heterocycles. The zero-order valence-corrected chi connectivity index (χ0v) is 13.1. The first-order valence-electron chi connectivity index (χ1n) is 8.03. The topological polar surface area (TPSA) is 60.9 Å². The number of piperazine rings is 1. The van der Waals surface area contributed by atoms with Gasteiger partial charge in [0.2, 0.25) is 5.91 Å². The molecule has 0 unspecified atom stereocenters. The van der Waals surface area contributed by atoms with Crippen LogP contribution in [0.15, 0.2) is 12.2 Å². The van der Waals surface area contributed by atoms with Gasteiger partial charge in [-0.1, -0.05) is 38.7 Å². The molecule has 5 nitrogen and oxygen atoms in total. The number of nitrogens with zero attached hydrogens (tertiary/aromatic N) is 2. The lowest BCUT2D eigenvalue weighted by Crippen LogP contribution is -2.49. The molecule has 1 rings (SSSR count). The highest BCUT2D eigenvalue weighted by atomic mass is 16.4. The average molecular weight is 296 g/mol. The second-order valence-electron chi connectivity index (χ2n) is 5.60. The number of carbonyl (C=O) groups is 2. The standard InChI is InChI=1S/C16H28N2O3/c1-2-3-4-5-6-7-8-9-15(19)18-12-10-17(11-13-18)14-16(20)21/h8-9H,2-7,10-14H2,1H3,(H,20,21)/b9-8+. The van der Waals surface area contributed by atoms with Gasteiger partial charge in [0.05, 0.1) is 6.54 Å². The molecular formula is C16H28N2O3. The Bertz CT molecular complexity index is 347. The number of aliphatic carboxylic acids is 1. The van der Waals surface area contributed by atoms with Crippen molar-refractivity contribution in [2.24, 2.45) is 0 Å². The minimum Gasteiger partial charge on any atom is -0.480 e. The van der Waals surface area contributed by atoms with Crippen molar-refractivity contribution < 1.29 is 14.7 Å². The lowest BCUT2D eigenvalue weighted by Gasteiger charge is -2.33. The van der Waals surface area contributed by atoms with E-state index in [4.69, 9.17) is 5.11 Å². The summed E-state index contributed by atoms with van der Waals surface area (Å²) in [6.07, 6.45) is 10.8. The van der Waals surface area contributed by atoms with Gasteiger partial charge in [-0.25, -0.2) is 0 Å². The molecule has 0 saturated carbocycles. The van der Waals surface area contributed by atoms with E-state index in [9.17, 15) is 9.59 Å². The number of carboxylic acid groups (broad SMARTS) is 1. The second-order valence-corrected chi connectivity index (χ2v) is 5.60. The molecule has 1 heterocycles. The minimum absolute atomic E-state index is 0.0542. The summed E-state index contributed by atoms with van der Waals surface area (Å²) in [5, 5.41) is 8.73. The number of carboxylic acids is 1. The average Bonchev–Trinajstić information content (AvgIpc) is 2.46. The fourth-order valence-corrected chi connectivity index (χ4v) is 2.47. The van der Waals surface area contributed by atoms with Crippen molar-refractivity contribution in [2.75, 3.05) is 32.7 Å². The number of hydrogen-bond acceptors (Lipinski definition) is 3. The van der Waals surface area contributed by atoms with Gasteiger partial charge in [0.15, 0.2) is 0 Å². The largest absolute Gasteiger partial charge is 0.480 e. The summed E-state index contributed by atoms with van der Waals surface area (Å²) in [6, 6.07) is 0. The molecule has 1 aliphatic rings. The van der Waals surface area contributed by atoms with Crippen LogP contribution in [0.25, 0.3) is 0 Å². The van der Waals surface area contributed by atoms with E-state index < -0.39 is 5.97 Å². The Labute approximate surface area is 127 Å². The first-order valence-corrected chi connectivity index (χ1v) is 8.03. The third kappa shape index (κ3) is 7.85. The predicted molar refractivity (Wildman–Crippen MR) is 83.2 cm³/mol. The van der Waals surface area contributed by atoms with E-state index in [1.165, 1.54) is 25.7 Å². The highest BCUT2D eigenvalue weighted by Crippen LogP contribution is 2.06. The van der Waals surface area contributed by atoms with Gasteiger partial charge in [-0.05, 0) is 18.9 Å². The molecule has 1 aliphatic heterocycles. The summed E-state index contributed by atoms with van der Waals surface area (Å²) < 4.78 is 0. The molecule has 0 aromatic rings. The number of carbonyl (C=O) groups excluding carboxylic acids is 1. The van der Waals surface area contributed by atoms with Crippen LogP contribution in [0.2, 0.25) is 0 Å². The summed E-state index contributed by atoms with van der Waals surface area (Å²) in [5.74, 6) is -0.753. The van der Waals surface area contributed by atoms with Gasteiger partial charge in [0.1, 0.15) is 0 Å². The normalized spacial score (nSPS) is 16.5. The first kappa shape index (κ1) is 17.7. The van der Waals surface area contributed by atoms with Crippen molar-refractivity contribution in [2.45, 2.75) is 45.4 Å². The molecule has 0 bridgehead atoms. The summed E-state index contributed by atoms with van der Waals surface area (Å²) in [6.45, 7) is 4.79. The summed E-state index contributed by atoms with van der Waals surface area (Å²) >= 11 is 0. The van der Waals surface area contributed by atoms with Crippen molar-refractivity contribution in [3.05, 3.63) is 12.2 Å². The fourth-order valence-electron chi connectivity index (χ4n) is 2.47. The molecule has 0 aromatic carbocycles. The third-order valence-electron chi connectivity index (χ3n) is 3.78. The highest BCUT2D eigenvalue weighted by molar-refractivity contribution is 5.87. The van der Waals surface area contributed by atoms with Crippen molar-refractivity contribution in [3.63, 3.8) is 0 Å². The lowest BCUT2D eigenvalue weighted by atomic mass is 10.1. The SMILES string of the molecule is CCCCCCC/C=C/C(=O)N1CCN(CC(=O)O)CC1. The van der Waals surface area contributed by atoms with Crippen LogP contribution in [0.5, 0.6) is 0 Å². The second kappa shape index (κ2) is 10.4. The molecule has 21 heavy (non-hydrogen) atoms. The van der Waals surface area contributed by atoms with E-state index in [1.807, 2.05) is 11.0 Å². The van der Waals surface area contributed by atoms with Crippen molar-refractivity contribution in [1.29, 1.82) is 0 Å². The molecule has 5 heteroatoms. The van der Waals surface area contributed by atoms with Crippen LogP contribution < -0.4 is 0 Å². The van der Waals surface area contributed by atoms with Crippen LogP contribution in [0.3, 0.4) is 0 Å². The zero-order chi connectivity index (χ0) is 15.5. The number of rotatable bonds is 9. The van der Waals surface area contributed by atoms with Crippen LogP contribution in [-0.4, -0.2) is 59.5 Å². The number of allylic oxidation sites excluding steroid dienone is 1. The van der Waals surface area contributed by atoms with E-state index >= 15 is 0 Å². The summed E-state index contributed by atoms with van der Waals surface area (Å²) in [7, 11) is 0. The molecular weight excluding hydrogens is 268 g/mol. The van der Waals surface area contributed by atoms with Crippen LogP contribution in [0.1, 0.15) is 45.4 Å². The van der Waals surface area contributed by atoms with Gasteiger partial charge in [0, 0.05) is 26.2 Å². The van der Waals surface area contributed by atoms with E-state index in [0.29, 0.717) is 26.2 Å². The molecule has 1 saturated heterocycles. The molecule has 0 spiro atoms. The highest BCUT2D eigenvalue weighted by Gasteiger charge is 2.20. The Morgan fingerprint density at radius 2 is 1.71 bits per heavy atom. The van der Waals surface area contributed by atoms with Crippen LogP contribution >= 0.6 is 0 Å². The van der Waals surface area contributed by atoms with E-state index in [1.54, 1.807) is 11.0 Å². The lowest BCUT2D eigenvalue weighted by molar-refractivity contribution is -0.139. The Hall–Kier alpha value is -1.36. The summed E-state index contributed by atoms with van der Waals surface area (Å²) in [4.78, 5) is 26.2. The van der Waals surface area contributed by atoms with Crippen LogP contribution in [-0.2, 0) is 9.59 Å². The molecule has 1 amide bonds. The molecule has 1 fully saturated rings. The monoisotopic (exact) mass is 296 g/mol. The van der Waals surface area contributed by atoms with Gasteiger partial charge in [-0.2, -0.15) is 0 Å². The Morgan fingerprint density at radius 1 is 1.05 bits per heavy atom. The molecule has 0 aliphatic carbocycles. The quantitative estimate of drug-likeness (QED) is 0.523. The minimum atomic E-state index is -0.808. The van der Waals surface area contributed by atoms with E-state index in [0.717, 1.165) is 12.8 Å². The smallest absolute Gasteiger partial charge is 0.317 e. The van der Waals surface area contributed by atoms with Crippen LogP contribution in [0.4, 0.5) is 0 Å². The van der Waals surface area contributed by atoms with Gasteiger partial charge < -0.3 is 10.0 Å². The maximum atomic E-state index is 12.0. The Kier molecular flexibility index (Phi) is 8.74. The maximum Gasteiger partial charge on any atom is 0.317 e. The zero-order valence-electron chi connectivity index (χ0n) is 13.1. The Balaban J connectivity index is 2.14. The van der Waals surface area contributed by atoms with Gasteiger partial charge >= 0.3 is 5.97 Å². The number of hydrogen-bond donors (Lipinski definition) is 1. The van der Waals surface area contributed by atoms with Gasteiger partial charge in [0.25, 0.3) is 0 Å². The number of unbranched alkanes of at least 4 members (excludes halogenated alkanes) is 5. The van der Waals surface area contributed by atoms with Gasteiger partial charge in [-0.3, -0.25) is 14.5 Å². The maximum absolute atomic E-state index is 12.0. The van der Waals surface area contributed by atoms with Crippen molar-refractivity contribution in [3.8, 4) is 0 Å². The summed E-state index contributed by atoms with van der Waals surface area (Å²) in [5.41, 5.74) is 0. The predicted octanol–water partition coefficient (Wildman–Crippen LogP) is 2.13. The molecule has 0 atom stereocenters. The van der Waals surface area contributed by atoms with Crippen LogP contribution in [0, 0.1) is 0 Å². The van der Waals surface area contributed by atoms with Gasteiger partial charge in [-0.15, -0.1) is 0 Å². The van der Waals surface area contributed by atoms with Crippen molar-refractivity contribution >= 4 is 11.9 Å². The molecule has 0 radical (unpaired) electrons. The van der Waals surface area contributed by atoms with E-state index in [2.05, 4.69) is 6.92 Å². The third-order valence-corrected chi connectivity index (χ3v) is 3.78. The molecule has 1 N–H and O–H groups in total.